The molecule has 0 amide bonds. The van der Waals surface area contributed by atoms with Crippen LogP contribution < -0.4 is 18.9 Å². The molecule has 0 spiro atoms. The number of hydrogen-bond acceptors (Lipinski definition) is 13. The van der Waals surface area contributed by atoms with Gasteiger partial charge in [0.25, 0.3) is 0 Å². The molecule has 188 valence electrons. The maximum Gasteiger partial charge on any atom is 0.229 e. The van der Waals surface area contributed by atoms with E-state index >= 15 is 0 Å². The van der Waals surface area contributed by atoms with Crippen molar-refractivity contribution in [3.63, 3.8) is 0 Å². The molecule has 33 heavy (non-hydrogen) atoms. The number of methoxy groups -OCH3 is 3. The third-order valence-corrected chi connectivity index (χ3v) is 5.45. The van der Waals surface area contributed by atoms with E-state index in [4.69, 9.17) is 33.2 Å². The van der Waals surface area contributed by atoms with Gasteiger partial charge in [0.2, 0.25) is 12.0 Å². The Balaban J connectivity index is 1.87. The number of rotatable bonds is 8. The van der Waals surface area contributed by atoms with E-state index in [2.05, 4.69) is 0 Å². The Morgan fingerprint density at radius 2 is 1.48 bits per heavy atom. The topological polar surface area (TPSA) is 186 Å². The lowest BCUT2D eigenvalue weighted by Gasteiger charge is -2.39. The largest absolute Gasteiger partial charge is 0.493 e. The normalized spacial score (nSPS) is 36.8. The molecule has 2 saturated heterocycles. The third-order valence-electron chi connectivity index (χ3n) is 5.45. The summed E-state index contributed by atoms with van der Waals surface area (Å²) < 4.78 is 38.1. The van der Waals surface area contributed by atoms with Crippen molar-refractivity contribution >= 4 is 0 Å². The van der Waals surface area contributed by atoms with Gasteiger partial charge in [-0.25, -0.2) is 0 Å². The van der Waals surface area contributed by atoms with Gasteiger partial charge in [-0.3, -0.25) is 0 Å². The van der Waals surface area contributed by atoms with Gasteiger partial charge in [0.15, 0.2) is 23.9 Å². The van der Waals surface area contributed by atoms with Crippen LogP contribution in [-0.2, 0) is 14.2 Å². The number of aliphatic hydroxyl groups is 6. The molecule has 1 aromatic carbocycles. The van der Waals surface area contributed by atoms with Gasteiger partial charge in [-0.2, -0.15) is 0 Å². The zero-order valence-electron chi connectivity index (χ0n) is 18.3. The lowest BCUT2D eigenvalue weighted by atomic mass is 9.99. The monoisotopic (exact) mass is 478 g/mol. The van der Waals surface area contributed by atoms with Crippen molar-refractivity contribution in [2.75, 3.05) is 34.5 Å². The van der Waals surface area contributed by atoms with Gasteiger partial charge in [-0.15, -0.1) is 0 Å². The lowest BCUT2D eigenvalue weighted by molar-refractivity contribution is -0.277. The number of aliphatic hydroxyl groups excluding tert-OH is 6. The first-order chi connectivity index (χ1) is 15.7. The highest BCUT2D eigenvalue weighted by atomic mass is 16.7. The van der Waals surface area contributed by atoms with Crippen LogP contribution in [0.5, 0.6) is 23.0 Å². The number of ether oxygens (including phenoxy) is 7. The summed E-state index contributed by atoms with van der Waals surface area (Å²) in [6.45, 7) is -0.748. The van der Waals surface area contributed by atoms with Crippen LogP contribution in [-0.4, -0.2) is 120 Å². The minimum absolute atomic E-state index is 0.0463. The van der Waals surface area contributed by atoms with E-state index < -0.39 is 61.9 Å². The minimum Gasteiger partial charge on any atom is -0.493 e. The van der Waals surface area contributed by atoms with E-state index in [1.807, 2.05) is 0 Å². The molecule has 2 fully saturated rings. The molecule has 2 heterocycles. The Morgan fingerprint density at radius 3 is 2.03 bits per heavy atom. The summed E-state index contributed by atoms with van der Waals surface area (Å²) in [5.74, 6) is 0.307. The van der Waals surface area contributed by atoms with Crippen LogP contribution in [0.25, 0.3) is 0 Å². The van der Waals surface area contributed by atoms with Gasteiger partial charge in [0.05, 0.1) is 27.4 Å². The molecular weight excluding hydrogens is 448 g/mol. The van der Waals surface area contributed by atoms with Gasteiger partial charge in [-0.05, 0) is 0 Å². The van der Waals surface area contributed by atoms with Crippen LogP contribution in [0.15, 0.2) is 12.1 Å². The summed E-state index contributed by atoms with van der Waals surface area (Å²) in [6.07, 6.45) is -12.0. The second kappa shape index (κ2) is 11.0. The van der Waals surface area contributed by atoms with Crippen LogP contribution >= 0.6 is 0 Å². The smallest absolute Gasteiger partial charge is 0.229 e. The molecule has 6 N–H and O–H groups in total. The number of hydrogen-bond donors (Lipinski definition) is 6. The summed E-state index contributed by atoms with van der Waals surface area (Å²) in [4.78, 5) is 0. The van der Waals surface area contributed by atoms with Gasteiger partial charge >= 0.3 is 0 Å². The van der Waals surface area contributed by atoms with Crippen molar-refractivity contribution in [1.82, 2.24) is 0 Å². The average molecular weight is 478 g/mol. The first-order valence-corrected chi connectivity index (χ1v) is 10.2. The average Bonchev–Trinajstić information content (AvgIpc) is 2.82. The molecule has 0 saturated carbocycles. The van der Waals surface area contributed by atoms with Crippen LogP contribution in [0.1, 0.15) is 0 Å². The van der Waals surface area contributed by atoms with E-state index in [1.165, 1.54) is 33.5 Å². The van der Waals surface area contributed by atoms with Crippen molar-refractivity contribution in [3.05, 3.63) is 12.1 Å². The number of benzene rings is 1. The summed E-state index contributed by atoms with van der Waals surface area (Å²) in [6, 6.07) is 2.74. The molecule has 9 atom stereocenters. The predicted molar refractivity (Wildman–Crippen MR) is 107 cm³/mol. The molecule has 1 aromatic rings. The van der Waals surface area contributed by atoms with E-state index in [-0.39, 0.29) is 29.6 Å². The Kier molecular flexibility index (Phi) is 8.55. The highest BCUT2D eigenvalue weighted by Crippen LogP contribution is 2.43. The highest BCUT2D eigenvalue weighted by molar-refractivity contribution is 5.56. The molecule has 0 aromatic heterocycles. The first-order valence-electron chi connectivity index (χ1n) is 10.2. The van der Waals surface area contributed by atoms with Crippen LogP contribution in [0.4, 0.5) is 0 Å². The fourth-order valence-corrected chi connectivity index (χ4v) is 3.57. The van der Waals surface area contributed by atoms with Crippen LogP contribution in [0, 0.1) is 0 Å². The van der Waals surface area contributed by atoms with Crippen molar-refractivity contribution in [2.24, 2.45) is 0 Å². The van der Waals surface area contributed by atoms with Crippen molar-refractivity contribution in [2.45, 2.75) is 55.3 Å². The summed E-state index contributed by atoms with van der Waals surface area (Å²) in [5, 5.41) is 59.7. The summed E-state index contributed by atoms with van der Waals surface area (Å²) in [7, 11) is 4.04. The Bertz CT molecular complexity index is 747. The standard InChI is InChI=1S/C20H30O13/c1-27-10-4-8(31-19-16(26)15(25)14(24)12(6-21)32-19)5-11(28-2)17(10)33-18-13(23)9(22)7-30-20(18)29-3/h4-5,9,12-16,18-26H,6-7H2,1-3H3/t9-,12-,13+,14-,15+,16-,18+,19+,20-/m1/s1. The summed E-state index contributed by atoms with van der Waals surface area (Å²) >= 11 is 0. The van der Waals surface area contributed by atoms with E-state index in [9.17, 15) is 30.6 Å². The van der Waals surface area contributed by atoms with E-state index in [0.29, 0.717) is 0 Å². The molecule has 0 aliphatic carbocycles. The molecule has 0 unspecified atom stereocenters. The van der Waals surface area contributed by atoms with Crippen molar-refractivity contribution in [1.29, 1.82) is 0 Å². The Morgan fingerprint density at radius 1 is 0.848 bits per heavy atom. The molecule has 13 heteroatoms. The zero-order chi connectivity index (χ0) is 24.3. The maximum absolute atomic E-state index is 10.4. The highest BCUT2D eigenvalue weighted by Gasteiger charge is 2.45. The minimum atomic E-state index is -1.62. The second-order valence-electron chi connectivity index (χ2n) is 7.55. The maximum atomic E-state index is 10.4. The fraction of sp³-hybridized carbons (Fsp3) is 0.700. The van der Waals surface area contributed by atoms with Crippen LogP contribution in [0.3, 0.4) is 0 Å². The molecule has 2 aliphatic rings. The lowest BCUT2D eigenvalue weighted by Crippen LogP contribution is -2.60. The van der Waals surface area contributed by atoms with Crippen molar-refractivity contribution < 1.29 is 63.8 Å². The van der Waals surface area contributed by atoms with E-state index in [0.717, 1.165) is 0 Å². The van der Waals surface area contributed by atoms with Gasteiger partial charge in [0, 0.05) is 19.2 Å². The van der Waals surface area contributed by atoms with Gasteiger partial charge in [0.1, 0.15) is 42.4 Å². The molecule has 0 radical (unpaired) electrons. The molecule has 3 rings (SSSR count). The predicted octanol–water partition coefficient (Wildman–Crippen LogP) is -2.65. The molecule has 2 aliphatic heterocycles. The molecule has 0 bridgehead atoms. The van der Waals surface area contributed by atoms with Crippen LogP contribution in [0.2, 0.25) is 0 Å². The zero-order valence-corrected chi connectivity index (χ0v) is 18.3. The third kappa shape index (κ3) is 5.26. The summed E-state index contributed by atoms with van der Waals surface area (Å²) in [5.41, 5.74) is 0. The molecule has 13 nitrogen and oxygen atoms in total. The van der Waals surface area contributed by atoms with E-state index in [1.54, 1.807) is 0 Å². The quantitative estimate of drug-likeness (QED) is 0.228. The SMILES string of the molecule is COc1cc(O[C@H]2O[C@H](CO)[C@@H](O)[C@H](O)[C@H]2O)cc(OC)c1O[C@@H]1[C@H](OC)OC[C@@H](O)[C@@H]1O. The fourth-order valence-electron chi connectivity index (χ4n) is 3.57. The second-order valence-corrected chi connectivity index (χ2v) is 7.55. The van der Waals surface area contributed by atoms with Crippen molar-refractivity contribution in [3.8, 4) is 23.0 Å². The van der Waals surface area contributed by atoms with Gasteiger partial charge in [-0.1, -0.05) is 0 Å². The van der Waals surface area contributed by atoms with Gasteiger partial charge < -0.3 is 63.8 Å². The Hall–Kier alpha value is -1.94. The first kappa shape index (κ1) is 25.7. The molecular formula is C20H30O13. The Labute approximate surface area is 189 Å².